The van der Waals surface area contributed by atoms with Crippen molar-refractivity contribution in [1.29, 1.82) is 0 Å². The first kappa shape index (κ1) is 14.3. The van der Waals surface area contributed by atoms with Crippen LogP contribution in [0, 0.1) is 0 Å². The van der Waals surface area contributed by atoms with Crippen LogP contribution in [0.5, 0.6) is 17.2 Å². The van der Waals surface area contributed by atoms with E-state index in [1.165, 1.54) is 0 Å². The fraction of sp³-hybridized carbons (Fsp3) is 0.333. The summed E-state index contributed by atoms with van der Waals surface area (Å²) >= 11 is 0. The molecule has 0 amide bonds. The van der Waals surface area contributed by atoms with Gasteiger partial charge in [-0.1, -0.05) is 0 Å². The highest BCUT2D eigenvalue weighted by atomic mass is 16.5. The van der Waals surface area contributed by atoms with Gasteiger partial charge in [-0.2, -0.15) is 0 Å². The molecular weight excluding hydrogens is 260 g/mol. The number of furan rings is 1. The number of ether oxygens (including phenoxy) is 3. The van der Waals surface area contributed by atoms with Gasteiger partial charge in [-0.3, -0.25) is 0 Å². The summed E-state index contributed by atoms with van der Waals surface area (Å²) in [6.07, 6.45) is 2.90. The molecule has 1 aromatic carbocycles. The molecule has 5 heteroatoms. The molecule has 0 aliphatic carbocycles. The first-order valence-corrected chi connectivity index (χ1v) is 6.18. The van der Waals surface area contributed by atoms with Gasteiger partial charge in [0.15, 0.2) is 11.5 Å². The summed E-state index contributed by atoms with van der Waals surface area (Å²) in [6, 6.07) is 5.24. The highest BCUT2D eigenvalue weighted by Crippen LogP contribution is 2.38. The third-order valence-electron chi connectivity index (χ3n) is 3.10. The maximum Gasteiger partial charge on any atom is 0.164 e. The van der Waals surface area contributed by atoms with Gasteiger partial charge in [0.05, 0.1) is 40.0 Å². The minimum absolute atomic E-state index is 0.433. The van der Waals surface area contributed by atoms with Crippen molar-refractivity contribution in [3.05, 3.63) is 41.9 Å². The zero-order chi connectivity index (χ0) is 14.5. The van der Waals surface area contributed by atoms with Gasteiger partial charge in [0.25, 0.3) is 0 Å². The van der Waals surface area contributed by atoms with E-state index in [4.69, 9.17) is 18.6 Å². The van der Waals surface area contributed by atoms with Crippen molar-refractivity contribution in [2.45, 2.75) is 12.5 Å². The SMILES string of the molecule is COc1cc(OC)c(C(O)Cc2ccoc2)cc1OC. The number of aliphatic hydroxyl groups excluding tert-OH is 1. The van der Waals surface area contributed by atoms with E-state index in [0.29, 0.717) is 29.2 Å². The summed E-state index contributed by atoms with van der Waals surface area (Å²) in [5.41, 5.74) is 1.56. The summed E-state index contributed by atoms with van der Waals surface area (Å²) in [7, 11) is 4.66. The van der Waals surface area contributed by atoms with E-state index in [-0.39, 0.29) is 0 Å². The van der Waals surface area contributed by atoms with Crippen molar-refractivity contribution < 1.29 is 23.7 Å². The Bertz CT molecular complexity index is 548. The van der Waals surface area contributed by atoms with Crippen LogP contribution >= 0.6 is 0 Å². The lowest BCUT2D eigenvalue weighted by atomic mass is 10.0. The molecule has 2 aromatic rings. The molecule has 0 saturated heterocycles. The second-order valence-corrected chi connectivity index (χ2v) is 4.30. The Morgan fingerprint density at radius 2 is 1.70 bits per heavy atom. The van der Waals surface area contributed by atoms with Crippen molar-refractivity contribution in [3.63, 3.8) is 0 Å². The van der Waals surface area contributed by atoms with Gasteiger partial charge in [-0.15, -0.1) is 0 Å². The van der Waals surface area contributed by atoms with Gasteiger partial charge in [0, 0.05) is 18.1 Å². The normalized spacial score (nSPS) is 12.0. The average Bonchev–Trinajstić information content (AvgIpc) is 2.98. The molecule has 1 heterocycles. The molecule has 1 atom stereocenters. The fourth-order valence-corrected chi connectivity index (χ4v) is 2.06. The van der Waals surface area contributed by atoms with Crippen molar-refractivity contribution in [1.82, 2.24) is 0 Å². The molecule has 0 radical (unpaired) electrons. The molecule has 108 valence electrons. The van der Waals surface area contributed by atoms with E-state index >= 15 is 0 Å². The largest absolute Gasteiger partial charge is 0.496 e. The molecule has 2 rings (SSSR count). The van der Waals surface area contributed by atoms with Crippen LogP contribution in [0.4, 0.5) is 0 Å². The molecule has 1 unspecified atom stereocenters. The molecular formula is C15H18O5. The lowest BCUT2D eigenvalue weighted by molar-refractivity contribution is 0.173. The van der Waals surface area contributed by atoms with Gasteiger partial charge in [0.1, 0.15) is 5.75 Å². The Balaban J connectivity index is 2.33. The molecule has 0 spiro atoms. The summed E-state index contributed by atoms with van der Waals surface area (Å²) in [4.78, 5) is 0. The third-order valence-corrected chi connectivity index (χ3v) is 3.10. The molecule has 0 bridgehead atoms. The highest BCUT2D eigenvalue weighted by molar-refractivity contribution is 5.51. The summed E-state index contributed by atoms with van der Waals surface area (Å²) in [5, 5.41) is 10.4. The number of aliphatic hydroxyl groups is 1. The molecule has 0 aliphatic rings. The topological polar surface area (TPSA) is 61.1 Å². The molecule has 0 aliphatic heterocycles. The smallest absolute Gasteiger partial charge is 0.164 e. The van der Waals surface area contributed by atoms with Crippen LogP contribution in [0.1, 0.15) is 17.2 Å². The Morgan fingerprint density at radius 1 is 1.05 bits per heavy atom. The van der Waals surface area contributed by atoms with Crippen LogP contribution in [0.3, 0.4) is 0 Å². The average molecular weight is 278 g/mol. The van der Waals surface area contributed by atoms with Crippen molar-refractivity contribution >= 4 is 0 Å². The van der Waals surface area contributed by atoms with Crippen LogP contribution in [0.15, 0.2) is 35.1 Å². The first-order valence-electron chi connectivity index (χ1n) is 6.18. The molecule has 0 fully saturated rings. The third kappa shape index (κ3) is 2.88. The Morgan fingerprint density at radius 3 is 2.25 bits per heavy atom. The summed E-state index contributed by atoms with van der Waals surface area (Å²) in [6.45, 7) is 0. The Kier molecular flexibility index (Phi) is 4.53. The molecule has 1 N–H and O–H groups in total. The van der Waals surface area contributed by atoms with E-state index in [0.717, 1.165) is 5.56 Å². The number of rotatable bonds is 6. The van der Waals surface area contributed by atoms with Gasteiger partial charge in [0.2, 0.25) is 0 Å². The minimum Gasteiger partial charge on any atom is -0.496 e. The molecule has 0 saturated carbocycles. The lowest BCUT2D eigenvalue weighted by Gasteiger charge is -2.17. The van der Waals surface area contributed by atoms with Gasteiger partial charge >= 0.3 is 0 Å². The predicted molar refractivity (Wildman–Crippen MR) is 73.5 cm³/mol. The van der Waals surface area contributed by atoms with E-state index in [2.05, 4.69) is 0 Å². The summed E-state index contributed by atoms with van der Waals surface area (Å²) in [5.74, 6) is 1.66. The minimum atomic E-state index is -0.720. The van der Waals surface area contributed by atoms with Crippen LogP contribution in [0.25, 0.3) is 0 Å². The van der Waals surface area contributed by atoms with E-state index in [1.54, 1.807) is 46.0 Å². The van der Waals surface area contributed by atoms with E-state index in [9.17, 15) is 5.11 Å². The zero-order valence-electron chi connectivity index (χ0n) is 11.8. The van der Waals surface area contributed by atoms with Crippen LogP contribution in [-0.4, -0.2) is 26.4 Å². The maximum absolute atomic E-state index is 10.4. The number of methoxy groups -OCH3 is 3. The quantitative estimate of drug-likeness (QED) is 0.880. The lowest BCUT2D eigenvalue weighted by Crippen LogP contribution is -2.05. The number of hydrogen-bond acceptors (Lipinski definition) is 5. The van der Waals surface area contributed by atoms with Crippen molar-refractivity contribution in [3.8, 4) is 17.2 Å². The van der Waals surface area contributed by atoms with Gasteiger partial charge < -0.3 is 23.7 Å². The zero-order valence-corrected chi connectivity index (χ0v) is 11.8. The Hall–Kier alpha value is -2.14. The molecule has 5 nitrogen and oxygen atoms in total. The molecule has 20 heavy (non-hydrogen) atoms. The standard InChI is InChI=1S/C15H18O5/c1-17-13-8-15(19-3)14(18-2)7-11(13)12(16)6-10-4-5-20-9-10/h4-5,7-9,12,16H,6H2,1-3H3. The second kappa shape index (κ2) is 6.34. The van der Waals surface area contributed by atoms with E-state index in [1.807, 2.05) is 6.07 Å². The highest BCUT2D eigenvalue weighted by Gasteiger charge is 2.18. The second-order valence-electron chi connectivity index (χ2n) is 4.30. The van der Waals surface area contributed by atoms with Gasteiger partial charge in [-0.25, -0.2) is 0 Å². The van der Waals surface area contributed by atoms with Gasteiger partial charge in [-0.05, 0) is 17.7 Å². The summed E-state index contributed by atoms with van der Waals surface area (Å²) < 4.78 is 20.8. The predicted octanol–water partition coefficient (Wildman–Crippen LogP) is 2.58. The molecule has 1 aromatic heterocycles. The Labute approximate surface area is 117 Å². The van der Waals surface area contributed by atoms with Crippen LogP contribution in [-0.2, 0) is 6.42 Å². The first-order chi connectivity index (χ1) is 9.69. The van der Waals surface area contributed by atoms with E-state index < -0.39 is 6.10 Å². The number of benzene rings is 1. The van der Waals surface area contributed by atoms with Crippen LogP contribution < -0.4 is 14.2 Å². The monoisotopic (exact) mass is 278 g/mol. The van der Waals surface area contributed by atoms with Crippen LogP contribution in [0.2, 0.25) is 0 Å². The maximum atomic E-state index is 10.4. The fourth-order valence-electron chi connectivity index (χ4n) is 2.06. The van der Waals surface area contributed by atoms with Crippen molar-refractivity contribution in [2.24, 2.45) is 0 Å². The number of hydrogen-bond donors (Lipinski definition) is 1. The van der Waals surface area contributed by atoms with Crippen molar-refractivity contribution in [2.75, 3.05) is 21.3 Å².